The molecule has 0 fully saturated rings. The number of carbonyl (C=O) groups excluding carboxylic acids is 1. The van der Waals surface area contributed by atoms with E-state index >= 15 is 0 Å². The van der Waals surface area contributed by atoms with Gasteiger partial charge in [-0.1, -0.05) is 12.1 Å². The van der Waals surface area contributed by atoms with Crippen LogP contribution >= 0.6 is 0 Å². The molecule has 4 nitrogen and oxygen atoms in total. The summed E-state index contributed by atoms with van der Waals surface area (Å²) in [6.45, 7) is 6.94. The van der Waals surface area contributed by atoms with E-state index < -0.39 is 5.60 Å². The molecule has 0 bridgehead atoms. The van der Waals surface area contributed by atoms with Gasteiger partial charge in [0.2, 0.25) is 0 Å². The first-order valence-electron chi connectivity index (χ1n) is 7.02. The van der Waals surface area contributed by atoms with Crippen LogP contribution in [0, 0.1) is 0 Å². The molecule has 0 unspecified atom stereocenters. The van der Waals surface area contributed by atoms with Crippen molar-refractivity contribution in [3.63, 3.8) is 0 Å². The summed E-state index contributed by atoms with van der Waals surface area (Å²) in [5, 5.41) is 0. The Hall–Kier alpha value is -1.55. The Bertz CT molecular complexity index is 491. The molecule has 20 heavy (non-hydrogen) atoms. The van der Waals surface area contributed by atoms with Gasteiger partial charge in [0.25, 0.3) is 0 Å². The summed E-state index contributed by atoms with van der Waals surface area (Å²) in [7, 11) is 1.69. The zero-order valence-electron chi connectivity index (χ0n) is 12.7. The standard InChI is InChI=1S/C16H23NO3/c1-16(2,3)20-15(18)17-10-6-8-13-12(11-19-4)7-5-9-14(13)17/h5,7,9H,6,8,10-11H2,1-4H3. The van der Waals surface area contributed by atoms with Gasteiger partial charge in [0.1, 0.15) is 5.60 Å². The second-order valence-electron chi connectivity index (χ2n) is 6.08. The average molecular weight is 277 g/mol. The summed E-state index contributed by atoms with van der Waals surface area (Å²) in [6.07, 6.45) is 1.66. The fraction of sp³-hybridized carbons (Fsp3) is 0.562. The van der Waals surface area contributed by atoms with Crippen LogP contribution in [0.1, 0.15) is 38.3 Å². The highest BCUT2D eigenvalue weighted by molar-refractivity contribution is 5.89. The second-order valence-corrected chi connectivity index (χ2v) is 6.08. The van der Waals surface area contributed by atoms with Gasteiger partial charge in [0.05, 0.1) is 12.3 Å². The topological polar surface area (TPSA) is 38.8 Å². The fourth-order valence-electron chi connectivity index (χ4n) is 2.49. The van der Waals surface area contributed by atoms with Gasteiger partial charge in [0.15, 0.2) is 0 Å². The van der Waals surface area contributed by atoms with Gasteiger partial charge >= 0.3 is 6.09 Å². The van der Waals surface area contributed by atoms with Gasteiger partial charge in [-0.15, -0.1) is 0 Å². The Morgan fingerprint density at radius 1 is 1.35 bits per heavy atom. The normalized spacial score (nSPS) is 14.9. The minimum absolute atomic E-state index is 0.270. The van der Waals surface area contributed by atoms with Crippen LogP contribution in [0.15, 0.2) is 18.2 Å². The van der Waals surface area contributed by atoms with Crippen LogP contribution in [0.2, 0.25) is 0 Å². The number of hydrogen-bond acceptors (Lipinski definition) is 3. The van der Waals surface area contributed by atoms with E-state index in [9.17, 15) is 4.79 Å². The van der Waals surface area contributed by atoms with Crippen molar-refractivity contribution >= 4 is 11.8 Å². The Labute approximate surface area is 120 Å². The molecule has 110 valence electrons. The summed E-state index contributed by atoms with van der Waals surface area (Å²) < 4.78 is 10.7. The number of anilines is 1. The summed E-state index contributed by atoms with van der Waals surface area (Å²) in [4.78, 5) is 14.1. The molecule has 0 saturated carbocycles. The molecule has 4 heteroatoms. The maximum atomic E-state index is 12.3. The third kappa shape index (κ3) is 3.31. The third-order valence-corrected chi connectivity index (χ3v) is 3.26. The predicted molar refractivity (Wildman–Crippen MR) is 79.1 cm³/mol. The van der Waals surface area contributed by atoms with Crippen molar-refractivity contribution in [1.82, 2.24) is 0 Å². The lowest BCUT2D eigenvalue weighted by molar-refractivity contribution is 0.0577. The van der Waals surface area contributed by atoms with Crippen LogP contribution in [0.25, 0.3) is 0 Å². The first-order chi connectivity index (χ1) is 9.42. The molecule has 0 atom stereocenters. The molecule has 1 heterocycles. The molecule has 0 aromatic heterocycles. The number of fused-ring (bicyclic) bond motifs is 1. The molecular formula is C16H23NO3. The SMILES string of the molecule is COCc1cccc2c1CCCN2C(=O)OC(C)(C)C. The van der Waals surface area contributed by atoms with Crippen molar-refractivity contribution in [3.05, 3.63) is 29.3 Å². The highest BCUT2D eigenvalue weighted by Crippen LogP contribution is 2.31. The summed E-state index contributed by atoms with van der Waals surface area (Å²) >= 11 is 0. The lowest BCUT2D eigenvalue weighted by Gasteiger charge is -2.32. The van der Waals surface area contributed by atoms with Gasteiger partial charge in [0, 0.05) is 13.7 Å². The summed E-state index contributed by atoms with van der Waals surface area (Å²) in [6, 6.07) is 6.01. The first-order valence-corrected chi connectivity index (χ1v) is 7.02. The van der Waals surface area contributed by atoms with Crippen LogP contribution in [0.4, 0.5) is 10.5 Å². The molecule has 1 aliphatic rings. The Kier molecular flexibility index (Phi) is 4.33. The second kappa shape index (κ2) is 5.83. The van der Waals surface area contributed by atoms with Crippen LogP contribution < -0.4 is 4.90 Å². The summed E-state index contributed by atoms with van der Waals surface area (Å²) in [5.74, 6) is 0. The number of hydrogen-bond donors (Lipinski definition) is 0. The lowest BCUT2D eigenvalue weighted by Crippen LogP contribution is -2.40. The van der Waals surface area contributed by atoms with Gasteiger partial charge < -0.3 is 9.47 Å². The number of ether oxygens (including phenoxy) is 2. The van der Waals surface area contributed by atoms with E-state index in [1.165, 1.54) is 5.56 Å². The van der Waals surface area contributed by atoms with Crippen molar-refractivity contribution in [2.45, 2.75) is 45.8 Å². The van der Waals surface area contributed by atoms with Crippen LogP contribution in [-0.2, 0) is 22.5 Å². The molecule has 1 amide bonds. The van der Waals surface area contributed by atoms with Crippen molar-refractivity contribution in [3.8, 4) is 0 Å². The number of methoxy groups -OCH3 is 1. The molecule has 1 aromatic carbocycles. The van der Waals surface area contributed by atoms with E-state index in [0.717, 1.165) is 24.1 Å². The number of amides is 1. The molecule has 2 rings (SSSR count). The average Bonchev–Trinajstić information content (AvgIpc) is 2.37. The first kappa shape index (κ1) is 14.9. The highest BCUT2D eigenvalue weighted by Gasteiger charge is 2.28. The maximum Gasteiger partial charge on any atom is 0.414 e. The molecule has 0 aliphatic carbocycles. The summed E-state index contributed by atoms with van der Waals surface area (Å²) in [5.41, 5.74) is 2.84. The third-order valence-electron chi connectivity index (χ3n) is 3.26. The monoisotopic (exact) mass is 277 g/mol. The lowest BCUT2D eigenvalue weighted by atomic mass is 9.97. The Balaban J connectivity index is 2.28. The molecule has 0 N–H and O–H groups in total. The molecule has 1 aromatic rings. The quantitative estimate of drug-likeness (QED) is 0.830. The van der Waals surface area contributed by atoms with Crippen molar-refractivity contribution in [1.29, 1.82) is 0 Å². The fourth-order valence-corrected chi connectivity index (χ4v) is 2.49. The zero-order chi connectivity index (χ0) is 14.8. The molecule has 0 radical (unpaired) electrons. The smallest absolute Gasteiger partial charge is 0.414 e. The maximum absolute atomic E-state index is 12.3. The minimum atomic E-state index is -0.473. The minimum Gasteiger partial charge on any atom is -0.443 e. The van der Waals surface area contributed by atoms with Gasteiger partial charge in [-0.3, -0.25) is 4.90 Å². The number of rotatable bonds is 2. The number of nitrogens with zero attached hydrogens (tertiary/aromatic N) is 1. The molecule has 0 saturated heterocycles. The van der Waals surface area contributed by atoms with Gasteiger partial charge in [-0.25, -0.2) is 4.79 Å². The van der Waals surface area contributed by atoms with Crippen LogP contribution in [0.5, 0.6) is 0 Å². The number of carbonyl (C=O) groups is 1. The largest absolute Gasteiger partial charge is 0.443 e. The van der Waals surface area contributed by atoms with E-state index in [1.54, 1.807) is 12.0 Å². The molecule has 1 aliphatic heterocycles. The Morgan fingerprint density at radius 3 is 2.75 bits per heavy atom. The predicted octanol–water partition coefficient (Wildman–Crippen LogP) is 3.52. The van der Waals surface area contributed by atoms with E-state index in [2.05, 4.69) is 6.07 Å². The molecular weight excluding hydrogens is 254 g/mol. The van der Waals surface area contributed by atoms with Gasteiger partial charge in [-0.05, 0) is 50.8 Å². The Morgan fingerprint density at radius 2 is 2.10 bits per heavy atom. The van der Waals surface area contributed by atoms with Crippen molar-refractivity contribution < 1.29 is 14.3 Å². The molecule has 0 spiro atoms. The van der Waals surface area contributed by atoms with Crippen molar-refractivity contribution in [2.24, 2.45) is 0 Å². The van der Waals surface area contributed by atoms with Gasteiger partial charge in [-0.2, -0.15) is 0 Å². The highest BCUT2D eigenvalue weighted by atomic mass is 16.6. The number of benzene rings is 1. The van der Waals surface area contributed by atoms with E-state index in [0.29, 0.717) is 13.2 Å². The zero-order valence-corrected chi connectivity index (χ0v) is 12.7. The van der Waals surface area contributed by atoms with E-state index in [-0.39, 0.29) is 6.09 Å². The van der Waals surface area contributed by atoms with E-state index in [1.807, 2.05) is 32.9 Å². The van der Waals surface area contributed by atoms with Crippen molar-refractivity contribution in [2.75, 3.05) is 18.6 Å². The van der Waals surface area contributed by atoms with E-state index in [4.69, 9.17) is 9.47 Å². The van der Waals surface area contributed by atoms with Crippen LogP contribution in [-0.4, -0.2) is 25.3 Å². The van der Waals surface area contributed by atoms with Crippen LogP contribution in [0.3, 0.4) is 0 Å².